The first kappa shape index (κ1) is 22.4. The molecular formula is C25H31N3O3. The summed E-state index contributed by atoms with van der Waals surface area (Å²) < 4.78 is 11.0. The van der Waals surface area contributed by atoms with Crippen LogP contribution in [0.3, 0.4) is 0 Å². The molecule has 0 N–H and O–H groups in total. The number of carbonyl (C=O) groups excluding carboxylic acids is 1. The summed E-state index contributed by atoms with van der Waals surface area (Å²) in [7, 11) is 1.65. The molecule has 0 spiro atoms. The number of aliphatic imine (C=N–C) groups is 1. The molecular weight excluding hydrogens is 390 g/mol. The van der Waals surface area contributed by atoms with Crippen molar-refractivity contribution < 1.29 is 14.3 Å². The molecule has 0 unspecified atom stereocenters. The highest BCUT2D eigenvalue weighted by Crippen LogP contribution is 2.22. The smallest absolute Gasteiger partial charge is 0.300 e. The van der Waals surface area contributed by atoms with Gasteiger partial charge >= 0.3 is 0 Å². The molecule has 6 heteroatoms. The van der Waals surface area contributed by atoms with Gasteiger partial charge in [0, 0.05) is 31.9 Å². The quantitative estimate of drug-likeness (QED) is 0.565. The van der Waals surface area contributed by atoms with Crippen LogP contribution in [0.4, 0.5) is 5.69 Å². The fraction of sp³-hybridized carbons (Fsp3) is 0.360. The van der Waals surface area contributed by atoms with E-state index in [1.54, 1.807) is 18.1 Å². The minimum atomic E-state index is -0.154. The van der Waals surface area contributed by atoms with Gasteiger partial charge in [0.1, 0.15) is 5.75 Å². The van der Waals surface area contributed by atoms with E-state index in [0.29, 0.717) is 24.9 Å². The van der Waals surface area contributed by atoms with Gasteiger partial charge in [-0.1, -0.05) is 24.3 Å². The number of benzene rings is 2. The first-order chi connectivity index (χ1) is 15.1. The number of methoxy groups -OCH3 is 1. The van der Waals surface area contributed by atoms with E-state index in [4.69, 9.17) is 9.47 Å². The molecule has 0 aliphatic carbocycles. The van der Waals surface area contributed by atoms with Gasteiger partial charge in [-0.15, -0.1) is 0 Å². The van der Waals surface area contributed by atoms with Gasteiger partial charge in [0.25, 0.3) is 11.9 Å². The van der Waals surface area contributed by atoms with Gasteiger partial charge in [-0.3, -0.25) is 9.69 Å². The average Bonchev–Trinajstić information content (AvgIpc) is 3.10. The lowest BCUT2D eigenvalue weighted by Gasteiger charge is -2.20. The molecule has 1 heterocycles. The molecule has 164 valence electrons. The van der Waals surface area contributed by atoms with Crippen LogP contribution in [0, 0.1) is 0 Å². The maximum atomic E-state index is 12.8. The predicted octanol–water partition coefficient (Wildman–Crippen LogP) is 4.36. The fourth-order valence-electron chi connectivity index (χ4n) is 3.50. The Kier molecular flexibility index (Phi) is 7.70. The Morgan fingerprint density at radius 2 is 1.71 bits per heavy atom. The molecule has 3 rings (SSSR count). The minimum Gasteiger partial charge on any atom is -0.497 e. The Hall–Kier alpha value is -3.28. The highest BCUT2D eigenvalue weighted by Gasteiger charge is 2.33. The van der Waals surface area contributed by atoms with E-state index in [2.05, 4.69) is 35.9 Å². The minimum absolute atomic E-state index is 0.154. The molecule has 1 saturated heterocycles. The molecule has 2 aromatic rings. The summed E-state index contributed by atoms with van der Waals surface area (Å²) in [4.78, 5) is 21.1. The molecule has 0 saturated carbocycles. The summed E-state index contributed by atoms with van der Waals surface area (Å²) in [5.74, 6) is 0.982. The number of carbonyl (C=O) groups is 1. The van der Waals surface area contributed by atoms with Crippen LogP contribution in [-0.2, 0) is 16.0 Å². The van der Waals surface area contributed by atoms with Crippen molar-refractivity contribution in [2.45, 2.75) is 27.2 Å². The van der Waals surface area contributed by atoms with Crippen LogP contribution in [0.5, 0.6) is 5.75 Å². The molecule has 1 fully saturated rings. The Morgan fingerprint density at radius 3 is 2.29 bits per heavy atom. The van der Waals surface area contributed by atoms with Crippen molar-refractivity contribution in [1.29, 1.82) is 0 Å². The van der Waals surface area contributed by atoms with Gasteiger partial charge in [-0.25, -0.2) is 4.99 Å². The third-order valence-corrected chi connectivity index (χ3v) is 5.33. The fourth-order valence-corrected chi connectivity index (χ4v) is 3.50. The van der Waals surface area contributed by atoms with Crippen molar-refractivity contribution in [2.75, 3.05) is 38.2 Å². The predicted molar refractivity (Wildman–Crippen MR) is 125 cm³/mol. The highest BCUT2D eigenvalue weighted by atomic mass is 16.5. The van der Waals surface area contributed by atoms with E-state index in [1.807, 2.05) is 43.3 Å². The Bertz CT molecular complexity index is 929. The van der Waals surface area contributed by atoms with Crippen molar-refractivity contribution in [1.82, 2.24) is 4.90 Å². The third-order valence-electron chi connectivity index (χ3n) is 5.33. The molecule has 0 aromatic heterocycles. The van der Waals surface area contributed by atoms with E-state index in [0.717, 1.165) is 36.4 Å². The molecule has 0 atom stereocenters. The molecule has 6 nitrogen and oxygen atoms in total. The first-order valence-electron chi connectivity index (χ1n) is 10.8. The normalized spacial score (nSPS) is 16.1. The van der Waals surface area contributed by atoms with Crippen molar-refractivity contribution in [2.24, 2.45) is 4.99 Å². The van der Waals surface area contributed by atoms with Gasteiger partial charge in [-0.05, 0) is 68.7 Å². The van der Waals surface area contributed by atoms with Crippen LogP contribution in [0.25, 0.3) is 6.08 Å². The largest absolute Gasteiger partial charge is 0.497 e. The van der Waals surface area contributed by atoms with Gasteiger partial charge < -0.3 is 14.4 Å². The zero-order valence-electron chi connectivity index (χ0n) is 18.8. The van der Waals surface area contributed by atoms with E-state index in [1.165, 1.54) is 5.69 Å². The summed E-state index contributed by atoms with van der Waals surface area (Å²) in [6.07, 6.45) is 2.54. The zero-order valence-corrected chi connectivity index (χ0v) is 18.8. The van der Waals surface area contributed by atoms with Crippen LogP contribution < -0.4 is 9.64 Å². The molecule has 0 radical (unpaired) electrons. The van der Waals surface area contributed by atoms with E-state index >= 15 is 0 Å². The third kappa shape index (κ3) is 5.45. The second-order valence-electron chi connectivity index (χ2n) is 7.19. The van der Waals surface area contributed by atoms with Crippen molar-refractivity contribution in [3.63, 3.8) is 0 Å². The second-order valence-corrected chi connectivity index (χ2v) is 7.19. The van der Waals surface area contributed by atoms with E-state index in [-0.39, 0.29) is 5.91 Å². The van der Waals surface area contributed by atoms with E-state index < -0.39 is 0 Å². The number of rotatable bonds is 9. The maximum absolute atomic E-state index is 12.8. The SMILES string of the molecule is CCN1C(=O)C(=Cc2ccc(N(CC)CC)cc2)OC1=NCCc1ccc(OC)cc1. The summed E-state index contributed by atoms with van der Waals surface area (Å²) >= 11 is 0. The number of ether oxygens (including phenoxy) is 2. The Morgan fingerprint density at radius 1 is 1.03 bits per heavy atom. The summed E-state index contributed by atoms with van der Waals surface area (Å²) in [5, 5.41) is 0. The lowest BCUT2D eigenvalue weighted by Crippen LogP contribution is -2.29. The zero-order chi connectivity index (χ0) is 22.2. The standard InChI is InChI=1S/C25H31N3O3/c1-5-27(6-2)21-12-8-20(9-13-21)18-23-24(29)28(7-3)25(31-23)26-17-16-19-10-14-22(30-4)15-11-19/h8-15,18H,5-7,16-17H2,1-4H3. The van der Waals surface area contributed by atoms with Gasteiger partial charge in [-0.2, -0.15) is 0 Å². The first-order valence-corrected chi connectivity index (χ1v) is 10.8. The van der Waals surface area contributed by atoms with Crippen LogP contribution >= 0.6 is 0 Å². The average molecular weight is 422 g/mol. The van der Waals surface area contributed by atoms with Crippen LogP contribution in [0.15, 0.2) is 59.3 Å². The van der Waals surface area contributed by atoms with Crippen molar-refractivity contribution in [3.8, 4) is 5.75 Å². The summed E-state index contributed by atoms with van der Waals surface area (Å²) in [6.45, 7) is 9.16. The Balaban J connectivity index is 1.69. The molecule has 0 bridgehead atoms. The number of amides is 1. The monoisotopic (exact) mass is 421 g/mol. The van der Waals surface area contributed by atoms with Gasteiger partial charge in [0.2, 0.25) is 0 Å². The van der Waals surface area contributed by atoms with Crippen molar-refractivity contribution >= 4 is 23.7 Å². The lowest BCUT2D eigenvalue weighted by atomic mass is 10.1. The number of likely N-dealkylation sites (N-methyl/N-ethyl adjacent to an activating group) is 1. The molecule has 31 heavy (non-hydrogen) atoms. The molecule has 1 aliphatic heterocycles. The summed E-state index contributed by atoms with van der Waals surface area (Å²) in [6, 6.07) is 16.4. The maximum Gasteiger partial charge on any atom is 0.300 e. The van der Waals surface area contributed by atoms with Crippen LogP contribution in [0.1, 0.15) is 31.9 Å². The number of amidine groups is 1. The van der Waals surface area contributed by atoms with Gasteiger partial charge in [0.15, 0.2) is 5.76 Å². The topological polar surface area (TPSA) is 54.4 Å². The summed E-state index contributed by atoms with van der Waals surface area (Å²) in [5.41, 5.74) is 3.25. The Labute approximate surface area is 184 Å². The van der Waals surface area contributed by atoms with Crippen LogP contribution in [-0.4, -0.2) is 50.1 Å². The van der Waals surface area contributed by atoms with Crippen molar-refractivity contribution in [3.05, 3.63) is 65.4 Å². The van der Waals surface area contributed by atoms with Crippen LogP contribution in [0.2, 0.25) is 0 Å². The molecule has 2 aromatic carbocycles. The van der Waals surface area contributed by atoms with Gasteiger partial charge in [0.05, 0.1) is 7.11 Å². The molecule has 1 amide bonds. The number of hydrogen-bond acceptors (Lipinski definition) is 5. The lowest BCUT2D eigenvalue weighted by molar-refractivity contribution is -0.122. The number of nitrogens with zero attached hydrogens (tertiary/aromatic N) is 3. The molecule has 1 aliphatic rings. The van der Waals surface area contributed by atoms with E-state index in [9.17, 15) is 4.79 Å². The second kappa shape index (κ2) is 10.7. The highest BCUT2D eigenvalue weighted by molar-refractivity contribution is 6.11. The number of hydrogen-bond donors (Lipinski definition) is 0. The number of anilines is 1.